The van der Waals surface area contributed by atoms with Crippen molar-refractivity contribution in [2.75, 3.05) is 5.32 Å². The van der Waals surface area contributed by atoms with Gasteiger partial charge in [0.1, 0.15) is 22.4 Å². The quantitative estimate of drug-likeness (QED) is 0.778. The molecule has 10 heteroatoms. The number of aryl methyl sites for hydroxylation is 1. The summed E-state index contributed by atoms with van der Waals surface area (Å²) < 4.78 is 28.8. The van der Waals surface area contributed by atoms with Gasteiger partial charge in [-0.2, -0.15) is 5.26 Å². The molecule has 1 atom stereocenters. The molecule has 2 N–H and O–H groups in total. The second-order valence-corrected chi connectivity index (χ2v) is 7.75. The zero-order valence-corrected chi connectivity index (χ0v) is 16.0. The molecule has 8 nitrogen and oxygen atoms in total. The van der Waals surface area contributed by atoms with Gasteiger partial charge in [0.25, 0.3) is 5.91 Å². The number of pyridine rings is 1. The van der Waals surface area contributed by atoms with Crippen LogP contribution in [0.15, 0.2) is 29.4 Å². The molecular weight excluding hydrogens is 378 g/mol. The highest BCUT2D eigenvalue weighted by molar-refractivity contribution is 7.89. The second kappa shape index (κ2) is 7.86. The minimum atomic E-state index is -3.86. The molecule has 0 unspecified atom stereocenters. The van der Waals surface area contributed by atoms with E-state index in [9.17, 15) is 13.2 Å². The number of rotatable bonds is 6. The summed E-state index contributed by atoms with van der Waals surface area (Å²) in [5.41, 5.74) is 0.481. The SMILES string of the molecule is CC[C@@H](C)NS(=O)(=O)c1cn(C)c(C(=O)Nc2ccnc(C#N)c2)c1Cl. The third-order valence-electron chi connectivity index (χ3n) is 3.69. The average molecular weight is 396 g/mol. The highest BCUT2D eigenvalue weighted by Gasteiger charge is 2.27. The predicted molar refractivity (Wildman–Crippen MR) is 97.4 cm³/mol. The Labute approximate surface area is 156 Å². The summed E-state index contributed by atoms with van der Waals surface area (Å²) >= 11 is 6.19. The number of nitrogens with zero attached hydrogens (tertiary/aromatic N) is 3. The van der Waals surface area contributed by atoms with Crippen LogP contribution in [0.25, 0.3) is 0 Å². The van der Waals surface area contributed by atoms with E-state index in [4.69, 9.17) is 16.9 Å². The maximum Gasteiger partial charge on any atom is 0.273 e. The van der Waals surface area contributed by atoms with Crippen LogP contribution in [0.2, 0.25) is 5.02 Å². The molecule has 0 aliphatic rings. The van der Waals surface area contributed by atoms with Crippen LogP contribution in [0.3, 0.4) is 0 Å². The zero-order chi connectivity index (χ0) is 19.5. The molecule has 0 fully saturated rings. The summed E-state index contributed by atoms with van der Waals surface area (Å²) in [5, 5.41) is 11.3. The van der Waals surface area contributed by atoms with Crippen LogP contribution in [0.5, 0.6) is 0 Å². The summed E-state index contributed by atoms with van der Waals surface area (Å²) in [6.45, 7) is 3.58. The average Bonchev–Trinajstić information content (AvgIpc) is 2.90. The maximum absolute atomic E-state index is 12.5. The van der Waals surface area contributed by atoms with Crippen LogP contribution in [0.1, 0.15) is 36.5 Å². The lowest BCUT2D eigenvalue weighted by molar-refractivity contribution is 0.101. The third-order valence-corrected chi connectivity index (χ3v) is 5.79. The third kappa shape index (κ3) is 4.22. The molecule has 2 heterocycles. The summed E-state index contributed by atoms with van der Waals surface area (Å²) in [6, 6.07) is 4.51. The van der Waals surface area contributed by atoms with Gasteiger partial charge in [-0.15, -0.1) is 0 Å². The fourth-order valence-corrected chi connectivity index (χ4v) is 4.21. The molecule has 0 aliphatic heterocycles. The second-order valence-electron chi connectivity index (χ2n) is 5.69. The van der Waals surface area contributed by atoms with Crippen LogP contribution < -0.4 is 10.0 Å². The van der Waals surface area contributed by atoms with Crippen molar-refractivity contribution >= 4 is 33.2 Å². The van der Waals surface area contributed by atoms with Gasteiger partial charge < -0.3 is 9.88 Å². The molecule has 2 aromatic rings. The fraction of sp³-hybridized carbons (Fsp3) is 0.312. The minimum Gasteiger partial charge on any atom is -0.344 e. The van der Waals surface area contributed by atoms with E-state index in [-0.39, 0.29) is 27.3 Å². The van der Waals surface area contributed by atoms with E-state index in [1.165, 1.54) is 36.1 Å². The fourth-order valence-electron chi connectivity index (χ4n) is 2.19. The lowest BCUT2D eigenvalue weighted by atomic mass is 10.3. The number of sulfonamides is 1. The summed E-state index contributed by atoms with van der Waals surface area (Å²) in [7, 11) is -2.33. The van der Waals surface area contributed by atoms with Crippen molar-refractivity contribution in [2.45, 2.75) is 31.2 Å². The smallest absolute Gasteiger partial charge is 0.273 e. The van der Waals surface area contributed by atoms with E-state index in [1.54, 1.807) is 6.92 Å². The van der Waals surface area contributed by atoms with E-state index in [1.807, 2.05) is 13.0 Å². The van der Waals surface area contributed by atoms with Crippen LogP contribution in [-0.4, -0.2) is 29.9 Å². The lowest BCUT2D eigenvalue weighted by Gasteiger charge is -2.11. The molecule has 0 bridgehead atoms. The Kier molecular flexibility index (Phi) is 6.02. The van der Waals surface area contributed by atoms with Crippen LogP contribution >= 0.6 is 11.6 Å². The lowest BCUT2D eigenvalue weighted by Crippen LogP contribution is -2.32. The first-order chi connectivity index (χ1) is 12.2. The number of carbonyl (C=O) groups excluding carboxylic acids is 1. The van der Waals surface area contributed by atoms with Crippen LogP contribution in [0.4, 0.5) is 5.69 Å². The monoisotopic (exact) mass is 395 g/mol. The van der Waals surface area contributed by atoms with Gasteiger partial charge in [0.2, 0.25) is 10.0 Å². The first-order valence-corrected chi connectivity index (χ1v) is 9.60. The first-order valence-electron chi connectivity index (χ1n) is 7.74. The molecule has 138 valence electrons. The predicted octanol–water partition coefficient (Wildman–Crippen LogP) is 2.27. The van der Waals surface area contributed by atoms with E-state index < -0.39 is 15.9 Å². The Hall–Kier alpha value is -2.41. The van der Waals surface area contributed by atoms with Crippen molar-refractivity contribution in [3.8, 4) is 6.07 Å². The van der Waals surface area contributed by atoms with E-state index >= 15 is 0 Å². The van der Waals surface area contributed by atoms with Crippen molar-refractivity contribution in [1.82, 2.24) is 14.3 Å². The Morgan fingerprint density at radius 3 is 2.81 bits per heavy atom. The van der Waals surface area contributed by atoms with Crippen molar-refractivity contribution < 1.29 is 13.2 Å². The van der Waals surface area contributed by atoms with E-state index in [2.05, 4.69) is 15.0 Å². The highest BCUT2D eigenvalue weighted by Crippen LogP contribution is 2.28. The van der Waals surface area contributed by atoms with Crippen molar-refractivity contribution in [3.05, 3.63) is 40.9 Å². The number of aromatic nitrogens is 2. The Morgan fingerprint density at radius 1 is 1.50 bits per heavy atom. The molecule has 0 saturated heterocycles. The van der Waals surface area contributed by atoms with Crippen LogP contribution in [-0.2, 0) is 17.1 Å². The van der Waals surface area contributed by atoms with Gasteiger partial charge >= 0.3 is 0 Å². The molecule has 1 amide bonds. The summed E-state index contributed by atoms with van der Waals surface area (Å²) in [6.07, 6.45) is 3.28. The molecule has 2 aromatic heterocycles. The largest absolute Gasteiger partial charge is 0.344 e. The Balaban J connectivity index is 2.35. The van der Waals surface area contributed by atoms with Gasteiger partial charge in [-0.3, -0.25) is 4.79 Å². The molecular formula is C16H18ClN5O3S. The number of hydrogen-bond donors (Lipinski definition) is 2. The van der Waals surface area contributed by atoms with Gasteiger partial charge in [0.05, 0.1) is 5.02 Å². The van der Waals surface area contributed by atoms with Crippen molar-refractivity contribution in [3.63, 3.8) is 0 Å². The van der Waals surface area contributed by atoms with Gasteiger partial charge in [-0.05, 0) is 25.5 Å². The zero-order valence-electron chi connectivity index (χ0n) is 14.4. The molecule has 0 spiro atoms. The number of hydrogen-bond acceptors (Lipinski definition) is 5. The van der Waals surface area contributed by atoms with E-state index in [0.717, 1.165) is 0 Å². The standard InChI is InChI=1S/C16H18ClN5O3S/c1-4-10(2)21-26(24,25)13-9-22(3)15(14(13)17)16(23)20-11-5-6-19-12(7-11)8-18/h5-7,9-10,21H,4H2,1-3H3,(H,19,20,23)/t10-/m1/s1. The summed E-state index contributed by atoms with van der Waals surface area (Å²) in [4.78, 5) is 16.2. The number of carbonyl (C=O) groups is 1. The number of nitrogens with one attached hydrogen (secondary N) is 2. The number of amides is 1. The number of anilines is 1. The molecule has 0 aliphatic carbocycles. The van der Waals surface area contributed by atoms with Crippen molar-refractivity contribution in [2.24, 2.45) is 7.05 Å². The maximum atomic E-state index is 12.5. The number of nitriles is 1. The topological polar surface area (TPSA) is 117 Å². The van der Waals surface area contributed by atoms with Gasteiger partial charge in [-0.1, -0.05) is 18.5 Å². The number of halogens is 1. The normalized spacial score (nSPS) is 12.4. The molecule has 0 saturated carbocycles. The molecule has 2 rings (SSSR count). The van der Waals surface area contributed by atoms with E-state index in [0.29, 0.717) is 12.1 Å². The highest BCUT2D eigenvalue weighted by atomic mass is 35.5. The minimum absolute atomic E-state index is 0.00786. The molecule has 0 radical (unpaired) electrons. The molecule has 0 aromatic carbocycles. The summed E-state index contributed by atoms with van der Waals surface area (Å²) in [5.74, 6) is -0.599. The van der Waals surface area contributed by atoms with Gasteiger partial charge in [-0.25, -0.2) is 18.1 Å². The Bertz CT molecular complexity index is 978. The molecule has 26 heavy (non-hydrogen) atoms. The van der Waals surface area contributed by atoms with Gasteiger partial charge in [0, 0.05) is 31.2 Å². The Morgan fingerprint density at radius 2 is 2.19 bits per heavy atom. The van der Waals surface area contributed by atoms with Crippen LogP contribution in [0, 0.1) is 11.3 Å². The van der Waals surface area contributed by atoms with Crippen molar-refractivity contribution in [1.29, 1.82) is 5.26 Å². The first kappa shape index (κ1) is 19.9. The van der Waals surface area contributed by atoms with Gasteiger partial charge in [0.15, 0.2) is 0 Å².